The highest BCUT2D eigenvalue weighted by Crippen LogP contribution is 2.28. The zero-order valence-corrected chi connectivity index (χ0v) is 10.8. The first kappa shape index (κ1) is 11.1. The first-order valence-corrected chi connectivity index (χ1v) is 6.47. The maximum absolute atomic E-state index is 5.46. The monoisotopic (exact) mass is 275 g/mol. The van der Waals surface area contributed by atoms with Crippen LogP contribution in [0.25, 0.3) is 21.5 Å². The highest BCUT2D eigenvalue weighted by molar-refractivity contribution is 7.80. The molecule has 0 fully saturated rings. The molecule has 0 spiro atoms. The van der Waals surface area contributed by atoms with Crippen LogP contribution in [-0.4, -0.2) is 20.3 Å². The average Bonchev–Trinajstić information content (AvgIpc) is 2.98. The maximum Gasteiger partial charge on any atom is 0.169 e. The van der Waals surface area contributed by atoms with E-state index in [4.69, 9.17) is 18.0 Å². The third kappa shape index (κ3) is 1.93. The van der Waals surface area contributed by atoms with E-state index >= 15 is 0 Å². The van der Waals surface area contributed by atoms with Crippen molar-refractivity contribution in [2.75, 3.05) is 5.32 Å². The van der Waals surface area contributed by atoms with E-state index in [2.05, 4.69) is 20.5 Å². The van der Waals surface area contributed by atoms with Crippen molar-refractivity contribution >= 4 is 45.4 Å². The van der Waals surface area contributed by atoms with Gasteiger partial charge in [0.25, 0.3) is 0 Å². The van der Waals surface area contributed by atoms with Crippen molar-refractivity contribution in [1.29, 1.82) is 0 Å². The smallest absolute Gasteiger partial charge is 0.169 e. The van der Waals surface area contributed by atoms with Crippen molar-refractivity contribution in [3.8, 4) is 10.6 Å². The van der Waals surface area contributed by atoms with Crippen LogP contribution in [0.2, 0.25) is 0 Å². The number of nitrogens with two attached hydrogens (primary N) is 1. The third-order valence-corrected chi connectivity index (χ3v) is 3.41. The predicted molar refractivity (Wildman–Crippen MR) is 77.6 cm³/mol. The Hall–Kier alpha value is -1.99. The number of thiazole rings is 1. The van der Waals surface area contributed by atoms with Crippen molar-refractivity contribution < 1.29 is 0 Å². The summed E-state index contributed by atoms with van der Waals surface area (Å²) in [6.45, 7) is 0. The van der Waals surface area contributed by atoms with Gasteiger partial charge in [0, 0.05) is 22.5 Å². The van der Waals surface area contributed by atoms with Gasteiger partial charge < -0.3 is 11.1 Å². The fourth-order valence-electron chi connectivity index (χ4n) is 1.73. The van der Waals surface area contributed by atoms with Gasteiger partial charge in [0.1, 0.15) is 5.01 Å². The molecule has 0 aliphatic heterocycles. The minimum Gasteiger partial charge on any atom is -0.376 e. The molecule has 0 aliphatic rings. The molecule has 3 rings (SSSR count). The molecule has 2 heterocycles. The van der Waals surface area contributed by atoms with Crippen molar-refractivity contribution in [3.63, 3.8) is 0 Å². The Balaban J connectivity index is 2.12. The van der Waals surface area contributed by atoms with E-state index in [0.717, 1.165) is 21.5 Å². The standard InChI is InChI=1S/C11H9N5S2/c12-11(17)14-9-7-5-6(10-13-3-4-18-10)1-2-8(7)15-16-9/h1-5H,(H4,12,14,15,16,17). The Bertz CT molecular complexity index is 701. The molecule has 0 bridgehead atoms. The summed E-state index contributed by atoms with van der Waals surface area (Å²) in [5.41, 5.74) is 7.43. The van der Waals surface area contributed by atoms with Crippen LogP contribution in [0.15, 0.2) is 29.8 Å². The molecule has 0 atom stereocenters. The Morgan fingerprint density at radius 2 is 2.33 bits per heavy atom. The number of rotatable bonds is 2. The lowest BCUT2D eigenvalue weighted by molar-refractivity contribution is 1.12. The fraction of sp³-hybridized carbons (Fsp3) is 0. The number of hydrogen-bond donors (Lipinski definition) is 3. The van der Waals surface area contributed by atoms with Gasteiger partial charge in [0.15, 0.2) is 10.9 Å². The van der Waals surface area contributed by atoms with Crippen LogP contribution in [-0.2, 0) is 0 Å². The normalized spacial score (nSPS) is 10.7. The number of thiocarbonyl (C=S) groups is 1. The van der Waals surface area contributed by atoms with Crippen LogP contribution in [0.1, 0.15) is 0 Å². The number of anilines is 1. The molecule has 0 amide bonds. The average molecular weight is 275 g/mol. The van der Waals surface area contributed by atoms with Gasteiger partial charge in [0.2, 0.25) is 0 Å². The number of aromatic nitrogens is 3. The lowest BCUT2D eigenvalue weighted by atomic mass is 10.1. The first-order valence-electron chi connectivity index (χ1n) is 5.18. The minimum absolute atomic E-state index is 0.197. The third-order valence-electron chi connectivity index (χ3n) is 2.48. The summed E-state index contributed by atoms with van der Waals surface area (Å²) >= 11 is 6.42. The summed E-state index contributed by atoms with van der Waals surface area (Å²) in [7, 11) is 0. The number of nitrogens with zero attached hydrogens (tertiary/aromatic N) is 2. The Morgan fingerprint density at radius 1 is 1.44 bits per heavy atom. The van der Waals surface area contributed by atoms with E-state index in [-0.39, 0.29) is 5.11 Å². The molecule has 7 heteroatoms. The molecule has 0 saturated carbocycles. The van der Waals surface area contributed by atoms with Gasteiger partial charge in [-0.1, -0.05) is 0 Å². The molecule has 1 aromatic carbocycles. The summed E-state index contributed by atoms with van der Waals surface area (Å²) in [6, 6.07) is 5.98. The number of nitrogens with one attached hydrogen (secondary N) is 2. The van der Waals surface area contributed by atoms with Gasteiger partial charge in [-0.05, 0) is 30.4 Å². The summed E-state index contributed by atoms with van der Waals surface area (Å²) in [5.74, 6) is 0.635. The summed E-state index contributed by atoms with van der Waals surface area (Å²) < 4.78 is 0. The predicted octanol–water partition coefficient (Wildman–Crippen LogP) is 2.34. The molecule has 0 unspecified atom stereocenters. The van der Waals surface area contributed by atoms with Crippen LogP contribution in [0.5, 0.6) is 0 Å². The Labute approximate surface area is 112 Å². The molecule has 90 valence electrons. The Morgan fingerprint density at radius 3 is 3.06 bits per heavy atom. The lowest BCUT2D eigenvalue weighted by Crippen LogP contribution is -2.19. The molecule has 3 aromatic rings. The lowest BCUT2D eigenvalue weighted by Gasteiger charge is -2.00. The number of hydrogen-bond acceptors (Lipinski definition) is 4. The second-order valence-corrected chi connectivity index (χ2v) is 4.99. The van der Waals surface area contributed by atoms with Gasteiger partial charge in [-0.2, -0.15) is 5.10 Å². The molecule has 0 aliphatic carbocycles. The molecular weight excluding hydrogens is 266 g/mol. The van der Waals surface area contributed by atoms with Crippen LogP contribution >= 0.6 is 23.6 Å². The van der Waals surface area contributed by atoms with E-state index in [1.54, 1.807) is 17.5 Å². The van der Waals surface area contributed by atoms with Crippen molar-refractivity contribution in [2.24, 2.45) is 5.73 Å². The van der Waals surface area contributed by atoms with Crippen LogP contribution in [0.4, 0.5) is 5.82 Å². The topological polar surface area (TPSA) is 79.6 Å². The van der Waals surface area contributed by atoms with E-state index in [1.165, 1.54) is 0 Å². The fourth-order valence-corrected chi connectivity index (χ4v) is 2.46. The van der Waals surface area contributed by atoms with Crippen molar-refractivity contribution in [2.45, 2.75) is 0 Å². The molecule has 2 aromatic heterocycles. The first-order chi connectivity index (χ1) is 8.74. The second kappa shape index (κ2) is 4.35. The van der Waals surface area contributed by atoms with E-state index < -0.39 is 0 Å². The van der Waals surface area contributed by atoms with Gasteiger partial charge in [-0.15, -0.1) is 11.3 Å². The molecular formula is C11H9N5S2. The van der Waals surface area contributed by atoms with E-state index in [0.29, 0.717) is 5.82 Å². The van der Waals surface area contributed by atoms with Crippen molar-refractivity contribution in [1.82, 2.24) is 15.2 Å². The van der Waals surface area contributed by atoms with Crippen LogP contribution < -0.4 is 11.1 Å². The number of fused-ring (bicyclic) bond motifs is 1. The molecule has 18 heavy (non-hydrogen) atoms. The zero-order valence-electron chi connectivity index (χ0n) is 9.18. The van der Waals surface area contributed by atoms with Crippen LogP contribution in [0, 0.1) is 0 Å². The maximum atomic E-state index is 5.46. The quantitative estimate of drug-likeness (QED) is 0.626. The molecule has 5 nitrogen and oxygen atoms in total. The zero-order chi connectivity index (χ0) is 12.5. The Kier molecular flexibility index (Phi) is 2.69. The molecule has 4 N–H and O–H groups in total. The summed E-state index contributed by atoms with van der Waals surface area (Å²) in [6.07, 6.45) is 1.79. The number of aromatic amines is 1. The van der Waals surface area contributed by atoms with Gasteiger partial charge >= 0.3 is 0 Å². The SMILES string of the molecule is NC(=S)Nc1n[nH]c2ccc(-c3nccs3)cc12. The van der Waals surface area contributed by atoms with Gasteiger partial charge in [-0.25, -0.2) is 4.98 Å². The number of H-pyrrole nitrogens is 1. The largest absolute Gasteiger partial charge is 0.376 e. The van der Waals surface area contributed by atoms with Crippen molar-refractivity contribution in [3.05, 3.63) is 29.8 Å². The van der Waals surface area contributed by atoms with Gasteiger partial charge in [0.05, 0.1) is 5.52 Å². The van der Waals surface area contributed by atoms with E-state index in [9.17, 15) is 0 Å². The number of benzene rings is 1. The molecule has 0 saturated heterocycles. The minimum atomic E-state index is 0.197. The summed E-state index contributed by atoms with van der Waals surface area (Å²) in [4.78, 5) is 4.29. The molecule has 0 radical (unpaired) electrons. The second-order valence-electron chi connectivity index (χ2n) is 3.66. The van der Waals surface area contributed by atoms with Crippen LogP contribution in [0.3, 0.4) is 0 Å². The summed E-state index contributed by atoms with van der Waals surface area (Å²) in [5, 5.41) is 14.0. The van der Waals surface area contributed by atoms with Gasteiger partial charge in [-0.3, -0.25) is 5.10 Å². The highest BCUT2D eigenvalue weighted by atomic mass is 32.1. The highest BCUT2D eigenvalue weighted by Gasteiger charge is 2.08. The van der Waals surface area contributed by atoms with E-state index in [1.807, 2.05) is 23.6 Å².